The number of aryl methyl sites for hydroxylation is 1. The van der Waals surface area contributed by atoms with Gasteiger partial charge < -0.3 is 10.3 Å². The fourth-order valence-electron chi connectivity index (χ4n) is 1.49. The number of nitrogens with zero attached hydrogens (tertiary/aromatic N) is 1. The van der Waals surface area contributed by atoms with Crippen LogP contribution in [0.25, 0.3) is 0 Å². The molecule has 1 rings (SSSR count). The third-order valence-electron chi connectivity index (χ3n) is 2.41. The number of aromatic nitrogens is 1. The fourth-order valence-corrected chi connectivity index (χ4v) is 1.49. The van der Waals surface area contributed by atoms with Crippen molar-refractivity contribution in [2.45, 2.75) is 32.7 Å². The highest BCUT2D eigenvalue weighted by molar-refractivity contribution is 5.94. The van der Waals surface area contributed by atoms with Crippen molar-refractivity contribution in [2.24, 2.45) is 0 Å². The molecule has 0 bridgehead atoms. The lowest BCUT2D eigenvalue weighted by atomic mass is 10.1. The number of carbonyl (C=O) groups excluding carboxylic acids is 1. The highest BCUT2D eigenvalue weighted by Crippen LogP contribution is 2.01. The van der Waals surface area contributed by atoms with Crippen molar-refractivity contribution in [3.8, 4) is 6.07 Å². The van der Waals surface area contributed by atoms with Gasteiger partial charge >= 0.3 is 0 Å². The number of H-pyrrole nitrogens is 1. The van der Waals surface area contributed by atoms with E-state index in [1.54, 1.807) is 13.0 Å². The molecule has 1 aromatic heterocycles. The number of rotatable bonds is 4. The zero-order chi connectivity index (χ0) is 12.8. The van der Waals surface area contributed by atoms with Gasteiger partial charge in [-0.1, -0.05) is 6.92 Å². The molecule has 1 heterocycles. The minimum Gasteiger partial charge on any atom is -0.348 e. The van der Waals surface area contributed by atoms with E-state index in [0.29, 0.717) is 17.7 Å². The summed E-state index contributed by atoms with van der Waals surface area (Å²) in [6.45, 7) is 3.61. The third-order valence-corrected chi connectivity index (χ3v) is 2.41. The second-order valence-electron chi connectivity index (χ2n) is 3.86. The van der Waals surface area contributed by atoms with Gasteiger partial charge in [0.05, 0.1) is 12.5 Å². The molecule has 0 radical (unpaired) electrons. The molecule has 5 heteroatoms. The van der Waals surface area contributed by atoms with Gasteiger partial charge in [-0.2, -0.15) is 5.26 Å². The van der Waals surface area contributed by atoms with Gasteiger partial charge in [0.15, 0.2) is 0 Å². The Balaban J connectivity index is 2.83. The molecule has 1 amide bonds. The molecule has 1 atom stereocenters. The summed E-state index contributed by atoms with van der Waals surface area (Å²) >= 11 is 0. The maximum Gasteiger partial charge on any atom is 0.251 e. The fraction of sp³-hybridized carbons (Fsp3) is 0.417. The molecule has 0 saturated carbocycles. The molecule has 0 unspecified atom stereocenters. The lowest BCUT2D eigenvalue weighted by Gasteiger charge is -2.13. The van der Waals surface area contributed by atoms with Crippen molar-refractivity contribution in [1.82, 2.24) is 10.3 Å². The van der Waals surface area contributed by atoms with E-state index < -0.39 is 0 Å². The summed E-state index contributed by atoms with van der Waals surface area (Å²) in [6.07, 6.45) is 0.950. The van der Waals surface area contributed by atoms with Crippen LogP contribution in [0.1, 0.15) is 35.8 Å². The minimum atomic E-state index is -0.318. The van der Waals surface area contributed by atoms with Crippen molar-refractivity contribution < 1.29 is 4.79 Å². The summed E-state index contributed by atoms with van der Waals surface area (Å²) in [5.41, 5.74) is 0.655. The summed E-state index contributed by atoms with van der Waals surface area (Å²) in [6, 6.07) is 4.70. The highest BCUT2D eigenvalue weighted by atomic mass is 16.2. The minimum absolute atomic E-state index is 0.174. The molecule has 0 aliphatic rings. The van der Waals surface area contributed by atoms with Crippen LogP contribution in [-0.4, -0.2) is 16.9 Å². The molecule has 17 heavy (non-hydrogen) atoms. The number of nitrogens with one attached hydrogen (secondary N) is 2. The van der Waals surface area contributed by atoms with Gasteiger partial charge in [-0.15, -0.1) is 0 Å². The van der Waals surface area contributed by atoms with Crippen LogP contribution in [0.2, 0.25) is 0 Å². The Labute approximate surface area is 99.5 Å². The molecule has 0 saturated heterocycles. The molecular weight excluding hydrogens is 218 g/mol. The van der Waals surface area contributed by atoms with E-state index in [4.69, 9.17) is 5.26 Å². The van der Waals surface area contributed by atoms with Gasteiger partial charge in [-0.05, 0) is 19.4 Å². The smallest absolute Gasteiger partial charge is 0.251 e. The molecule has 0 fully saturated rings. The highest BCUT2D eigenvalue weighted by Gasteiger charge is 2.12. The van der Waals surface area contributed by atoms with Gasteiger partial charge in [0.1, 0.15) is 0 Å². The first-order valence-electron chi connectivity index (χ1n) is 5.45. The predicted octanol–water partition coefficient (Wildman–Crippen LogP) is 1.11. The average Bonchev–Trinajstić information content (AvgIpc) is 2.27. The van der Waals surface area contributed by atoms with E-state index in [-0.39, 0.29) is 23.9 Å². The van der Waals surface area contributed by atoms with Crippen molar-refractivity contribution >= 4 is 5.91 Å². The number of amides is 1. The van der Waals surface area contributed by atoms with Crippen LogP contribution in [0.4, 0.5) is 0 Å². The number of aromatic amines is 1. The predicted molar refractivity (Wildman–Crippen MR) is 63.6 cm³/mol. The molecule has 1 aromatic rings. The molecule has 5 nitrogen and oxygen atoms in total. The molecular formula is C12H15N3O2. The van der Waals surface area contributed by atoms with E-state index in [1.165, 1.54) is 6.07 Å². The van der Waals surface area contributed by atoms with Crippen molar-refractivity contribution in [2.75, 3.05) is 0 Å². The largest absolute Gasteiger partial charge is 0.348 e. The molecule has 0 spiro atoms. The van der Waals surface area contributed by atoms with Crippen molar-refractivity contribution in [3.63, 3.8) is 0 Å². The maximum atomic E-state index is 11.8. The second kappa shape index (κ2) is 5.85. The quantitative estimate of drug-likeness (QED) is 0.816. The van der Waals surface area contributed by atoms with Gasteiger partial charge in [-0.25, -0.2) is 0 Å². The summed E-state index contributed by atoms with van der Waals surface area (Å²) in [7, 11) is 0. The number of hydrogen-bond acceptors (Lipinski definition) is 3. The average molecular weight is 233 g/mol. The SMILES string of the molecule is CC[C@@H](CC#N)NC(=O)c1cc(C)[nH]c(=O)c1. The lowest BCUT2D eigenvalue weighted by molar-refractivity contribution is 0.0936. The summed E-state index contributed by atoms with van der Waals surface area (Å²) in [5.74, 6) is -0.318. The van der Waals surface area contributed by atoms with E-state index in [0.717, 1.165) is 0 Å². The van der Waals surface area contributed by atoms with Crippen LogP contribution < -0.4 is 10.9 Å². The zero-order valence-electron chi connectivity index (χ0n) is 9.91. The molecule has 0 aliphatic heterocycles. The Kier molecular flexibility index (Phi) is 4.46. The van der Waals surface area contributed by atoms with Crippen molar-refractivity contribution in [3.05, 3.63) is 33.7 Å². The standard InChI is InChI=1S/C12H15N3O2/c1-3-10(4-5-13)15-12(17)9-6-8(2)14-11(16)7-9/h6-7,10H,3-4H2,1-2H3,(H,14,16)(H,15,17)/t10-/m0/s1. The van der Waals surface area contributed by atoms with Crippen LogP contribution >= 0.6 is 0 Å². The molecule has 2 N–H and O–H groups in total. The van der Waals surface area contributed by atoms with E-state index in [2.05, 4.69) is 10.3 Å². The first-order chi connectivity index (χ1) is 8.06. The topological polar surface area (TPSA) is 85.8 Å². The second-order valence-corrected chi connectivity index (χ2v) is 3.86. The Morgan fingerprint density at radius 1 is 1.59 bits per heavy atom. The normalized spacial score (nSPS) is 11.6. The summed E-state index contributed by atoms with van der Waals surface area (Å²) < 4.78 is 0. The number of hydrogen-bond donors (Lipinski definition) is 2. The van der Waals surface area contributed by atoms with Crippen LogP contribution in [0.5, 0.6) is 0 Å². The Bertz CT molecular complexity index is 499. The molecule has 0 aliphatic carbocycles. The van der Waals surface area contributed by atoms with Crippen molar-refractivity contribution in [1.29, 1.82) is 5.26 Å². The van der Waals surface area contributed by atoms with Gasteiger partial charge in [-0.3, -0.25) is 9.59 Å². The zero-order valence-corrected chi connectivity index (χ0v) is 9.91. The van der Waals surface area contributed by atoms with Crippen LogP contribution in [0.3, 0.4) is 0 Å². The van der Waals surface area contributed by atoms with Crippen LogP contribution in [0, 0.1) is 18.3 Å². The Hall–Kier alpha value is -2.09. The third kappa shape index (κ3) is 3.76. The number of carbonyl (C=O) groups is 1. The van der Waals surface area contributed by atoms with E-state index in [9.17, 15) is 9.59 Å². The maximum absolute atomic E-state index is 11.8. The first-order valence-corrected chi connectivity index (χ1v) is 5.45. The van der Waals surface area contributed by atoms with Crippen LogP contribution in [-0.2, 0) is 0 Å². The Morgan fingerprint density at radius 3 is 2.82 bits per heavy atom. The molecule has 90 valence electrons. The lowest BCUT2D eigenvalue weighted by Crippen LogP contribution is -2.34. The number of nitriles is 1. The molecule has 0 aromatic carbocycles. The number of pyridine rings is 1. The van der Waals surface area contributed by atoms with Crippen LogP contribution in [0.15, 0.2) is 16.9 Å². The first kappa shape index (κ1) is 13.0. The summed E-state index contributed by atoms with van der Waals surface area (Å²) in [5, 5.41) is 11.3. The monoisotopic (exact) mass is 233 g/mol. The van der Waals surface area contributed by atoms with Gasteiger partial charge in [0.2, 0.25) is 5.56 Å². The Morgan fingerprint density at radius 2 is 2.29 bits per heavy atom. The van der Waals surface area contributed by atoms with E-state index in [1.807, 2.05) is 13.0 Å². The van der Waals surface area contributed by atoms with Gasteiger partial charge in [0.25, 0.3) is 5.91 Å². The van der Waals surface area contributed by atoms with E-state index >= 15 is 0 Å². The summed E-state index contributed by atoms with van der Waals surface area (Å²) in [4.78, 5) is 25.6. The van der Waals surface area contributed by atoms with Gasteiger partial charge in [0, 0.05) is 23.4 Å².